The van der Waals surface area contributed by atoms with Crippen LogP contribution in [0.25, 0.3) is 22.1 Å². The zero-order chi connectivity index (χ0) is 19.0. The van der Waals surface area contributed by atoms with Gasteiger partial charge in [-0.25, -0.2) is 9.97 Å². The predicted molar refractivity (Wildman–Crippen MR) is 104 cm³/mol. The number of nitro benzene ring substituents is 1. The number of aromatic nitrogens is 4. The number of fused-ring (bicyclic) bond motifs is 2. The lowest BCUT2D eigenvalue weighted by Crippen LogP contribution is -2.12. The van der Waals surface area contributed by atoms with Crippen LogP contribution in [0.15, 0.2) is 47.6 Å². The summed E-state index contributed by atoms with van der Waals surface area (Å²) >= 11 is 1.51. The first-order valence-corrected chi connectivity index (χ1v) is 9.39. The molecular formula is C18H17N5O3S. The highest BCUT2D eigenvalue weighted by molar-refractivity contribution is 7.98. The number of nitrogens with zero attached hydrogens (tertiary/aromatic N) is 4. The summed E-state index contributed by atoms with van der Waals surface area (Å²) in [5, 5.41) is 21.5. The van der Waals surface area contributed by atoms with Gasteiger partial charge in [0.25, 0.3) is 5.69 Å². The van der Waals surface area contributed by atoms with Crippen LogP contribution in [-0.4, -0.2) is 35.7 Å². The molecule has 0 bridgehead atoms. The second-order valence-corrected chi connectivity index (χ2v) is 7.22. The Hall–Kier alpha value is -2.91. The molecule has 27 heavy (non-hydrogen) atoms. The van der Waals surface area contributed by atoms with Gasteiger partial charge in [0.05, 0.1) is 45.4 Å². The van der Waals surface area contributed by atoms with Crippen molar-refractivity contribution in [1.82, 2.24) is 19.5 Å². The van der Waals surface area contributed by atoms with Gasteiger partial charge in [0.2, 0.25) is 0 Å². The van der Waals surface area contributed by atoms with Crippen LogP contribution in [0.5, 0.6) is 0 Å². The van der Waals surface area contributed by atoms with Gasteiger partial charge in [0, 0.05) is 12.1 Å². The molecule has 0 aliphatic rings. The quantitative estimate of drug-likeness (QED) is 0.300. The average molecular weight is 383 g/mol. The van der Waals surface area contributed by atoms with Crippen molar-refractivity contribution in [3.05, 3.63) is 58.4 Å². The number of para-hydroxylation sites is 2. The molecule has 0 fully saturated rings. The van der Waals surface area contributed by atoms with Crippen molar-refractivity contribution < 1.29 is 10.0 Å². The van der Waals surface area contributed by atoms with Gasteiger partial charge in [0.1, 0.15) is 5.82 Å². The number of aliphatic hydroxyl groups is 1. The van der Waals surface area contributed by atoms with E-state index in [1.165, 1.54) is 23.9 Å². The van der Waals surface area contributed by atoms with Crippen LogP contribution in [-0.2, 0) is 12.3 Å². The number of thioether (sulfide) groups is 1. The monoisotopic (exact) mass is 383 g/mol. The molecule has 2 aromatic carbocycles. The van der Waals surface area contributed by atoms with Gasteiger partial charge in [0.15, 0.2) is 5.16 Å². The third kappa shape index (κ3) is 3.51. The Morgan fingerprint density at radius 2 is 2.07 bits per heavy atom. The number of aliphatic hydroxyl groups excluding tert-OH is 1. The second kappa shape index (κ2) is 7.01. The number of H-pyrrole nitrogens is 1. The zero-order valence-corrected chi connectivity index (χ0v) is 15.3. The van der Waals surface area contributed by atoms with E-state index in [1.54, 1.807) is 13.0 Å². The number of non-ortho nitro benzene ring substituents is 1. The van der Waals surface area contributed by atoms with E-state index >= 15 is 0 Å². The molecule has 2 aromatic heterocycles. The molecule has 1 unspecified atom stereocenters. The molecule has 0 saturated heterocycles. The van der Waals surface area contributed by atoms with E-state index in [9.17, 15) is 15.2 Å². The summed E-state index contributed by atoms with van der Waals surface area (Å²) in [4.78, 5) is 22.8. The van der Waals surface area contributed by atoms with Crippen LogP contribution >= 0.6 is 11.8 Å². The van der Waals surface area contributed by atoms with E-state index < -0.39 is 11.0 Å². The standard InChI is InChI=1S/C18H17N5O3S/c1-11(24)9-22-16-5-3-2-4-14(16)21-18(22)27-10-17-19-13-7-6-12(23(25)26)8-15(13)20-17/h2-8,11,24H,9-10H2,1H3,(H,19,20). The van der Waals surface area contributed by atoms with E-state index in [2.05, 4.69) is 15.0 Å². The lowest BCUT2D eigenvalue weighted by atomic mass is 10.3. The summed E-state index contributed by atoms with van der Waals surface area (Å²) in [7, 11) is 0. The first-order valence-electron chi connectivity index (χ1n) is 8.40. The second-order valence-electron chi connectivity index (χ2n) is 6.27. The molecule has 4 aromatic rings. The number of hydrogen-bond acceptors (Lipinski definition) is 6. The molecular weight excluding hydrogens is 366 g/mol. The molecule has 0 amide bonds. The summed E-state index contributed by atoms with van der Waals surface area (Å²) in [5.74, 6) is 1.25. The van der Waals surface area contributed by atoms with Crippen LogP contribution in [0.1, 0.15) is 12.7 Å². The molecule has 2 heterocycles. The fourth-order valence-electron chi connectivity index (χ4n) is 2.97. The van der Waals surface area contributed by atoms with Crippen molar-refractivity contribution in [2.24, 2.45) is 0 Å². The fraction of sp³-hybridized carbons (Fsp3) is 0.222. The third-order valence-electron chi connectivity index (χ3n) is 4.13. The topological polar surface area (TPSA) is 110 Å². The summed E-state index contributed by atoms with van der Waals surface area (Å²) in [6.45, 7) is 2.20. The normalized spacial score (nSPS) is 12.7. The van der Waals surface area contributed by atoms with Gasteiger partial charge in [-0.2, -0.15) is 0 Å². The molecule has 0 aliphatic heterocycles. The van der Waals surface area contributed by atoms with Gasteiger partial charge in [-0.05, 0) is 25.1 Å². The number of rotatable bonds is 6. The van der Waals surface area contributed by atoms with Crippen molar-refractivity contribution in [2.45, 2.75) is 30.5 Å². The van der Waals surface area contributed by atoms with Crippen LogP contribution in [0.3, 0.4) is 0 Å². The average Bonchev–Trinajstić information content (AvgIpc) is 3.20. The Morgan fingerprint density at radius 1 is 1.26 bits per heavy atom. The minimum absolute atomic E-state index is 0.0316. The van der Waals surface area contributed by atoms with Crippen molar-refractivity contribution in [2.75, 3.05) is 0 Å². The number of imidazole rings is 2. The SMILES string of the molecule is CC(O)Cn1c(SCc2nc3ccc([N+](=O)[O-])cc3[nH]2)nc2ccccc21. The molecule has 138 valence electrons. The van der Waals surface area contributed by atoms with Crippen molar-refractivity contribution in [3.63, 3.8) is 0 Å². The van der Waals surface area contributed by atoms with Gasteiger partial charge >= 0.3 is 0 Å². The molecule has 4 rings (SSSR count). The molecule has 0 radical (unpaired) electrons. The third-order valence-corrected chi connectivity index (χ3v) is 5.12. The van der Waals surface area contributed by atoms with Gasteiger partial charge in [-0.3, -0.25) is 10.1 Å². The van der Waals surface area contributed by atoms with Gasteiger partial charge < -0.3 is 14.7 Å². The van der Waals surface area contributed by atoms with Crippen LogP contribution in [0.2, 0.25) is 0 Å². The smallest absolute Gasteiger partial charge is 0.271 e. The highest BCUT2D eigenvalue weighted by atomic mass is 32.2. The van der Waals surface area contributed by atoms with Crippen molar-refractivity contribution in [3.8, 4) is 0 Å². The molecule has 0 aliphatic carbocycles. The maximum absolute atomic E-state index is 10.9. The maximum atomic E-state index is 10.9. The van der Waals surface area contributed by atoms with Gasteiger partial charge in [-0.1, -0.05) is 23.9 Å². The first-order chi connectivity index (χ1) is 13.0. The fourth-order valence-corrected chi connectivity index (χ4v) is 3.86. The Labute approximate surface area is 158 Å². The van der Waals surface area contributed by atoms with E-state index in [1.807, 2.05) is 28.8 Å². The van der Waals surface area contributed by atoms with Crippen molar-refractivity contribution in [1.29, 1.82) is 0 Å². The van der Waals surface area contributed by atoms with Crippen LogP contribution < -0.4 is 0 Å². The summed E-state index contributed by atoms with van der Waals surface area (Å²) in [6, 6.07) is 12.4. The highest BCUT2D eigenvalue weighted by Crippen LogP contribution is 2.27. The number of aromatic amines is 1. The molecule has 0 spiro atoms. The predicted octanol–water partition coefficient (Wildman–Crippen LogP) is 3.49. The molecule has 8 nitrogen and oxygen atoms in total. The Bertz CT molecular complexity index is 1130. The number of hydrogen-bond donors (Lipinski definition) is 2. The molecule has 2 N–H and O–H groups in total. The molecule has 9 heteroatoms. The minimum Gasteiger partial charge on any atom is -0.392 e. The summed E-state index contributed by atoms with van der Waals surface area (Å²) in [6.07, 6.45) is -0.492. The zero-order valence-electron chi connectivity index (χ0n) is 14.5. The van der Waals surface area contributed by atoms with E-state index in [0.717, 1.165) is 16.2 Å². The lowest BCUT2D eigenvalue weighted by Gasteiger charge is -2.10. The Kier molecular flexibility index (Phi) is 4.54. The number of nitro groups is 1. The first kappa shape index (κ1) is 17.5. The number of nitrogens with one attached hydrogen (secondary N) is 1. The minimum atomic E-state index is -0.492. The largest absolute Gasteiger partial charge is 0.392 e. The van der Waals surface area contributed by atoms with Crippen molar-refractivity contribution >= 4 is 39.5 Å². The summed E-state index contributed by atoms with van der Waals surface area (Å²) < 4.78 is 2.00. The van der Waals surface area contributed by atoms with Crippen LogP contribution in [0.4, 0.5) is 5.69 Å². The van der Waals surface area contributed by atoms with Gasteiger partial charge in [-0.15, -0.1) is 0 Å². The Balaban J connectivity index is 1.61. The Morgan fingerprint density at radius 3 is 2.85 bits per heavy atom. The summed E-state index contributed by atoms with van der Waals surface area (Å²) in [5.41, 5.74) is 3.21. The molecule has 1 atom stereocenters. The van der Waals surface area contributed by atoms with E-state index in [-0.39, 0.29) is 5.69 Å². The van der Waals surface area contributed by atoms with E-state index in [4.69, 9.17) is 0 Å². The highest BCUT2D eigenvalue weighted by Gasteiger charge is 2.14. The maximum Gasteiger partial charge on any atom is 0.271 e. The van der Waals surface area contributed by atoms with Crippen LogP contribution in [0, 0.1) is 10.1 Å². The van der Waals surface area contributed by atoms with E-state index in [0.29, 0.717) is 29.2 Å². The lowest BCUT2D eigenvalue weighted by molar-refractivity contribution is -0.384. The number of benzene rings is 2. The molecule has 0 saturated carbocycles.